The number of carbonyl (C=O) groups excluding carboxylic acids is 2. The largest absolute Gasteiger partial charge is 0.493 e. The van der Waals surface area contributed by atoms with E-state index in [0.717, 1.165) is 11.1 Å². The lowest BCUT2D eigenvalue weighted by atomic mass is 10.0. The number of hydrogen-bond acceptors (Lipinski definition) is 5. The molecule has 3 aromatic rings. The average Bonchev–Trinajstić information content (AvgIpc) is 3.24. The number of amides is 2. The summed E-state index contributed by atoms with van der Waals surface area (Å²) in [6.45, 7) is 6.23. The van der Waals surface area contributed by atoms with Gasteiger partial charge in [0.15, 0.2) is 0 Å². The van der Waals surface area contributed by atoms with Gasteiger partial charge in [-0.1, -0.05) is 29.8 Å². The van der Waals surface area contributed by atoms with Crippen LogP contribution in [0.5, 0.6) is 5.75 Å². The number of nitrogens with zero attached hydrogens (tertiary/aromatic N) is 1. The van der Waals surface area contributed by atoms with Gasteiger partial charge < -0.3 is 15.4 Å². The molecule has 0 spiro atoms. The molecule has 3 rings (SSSR count). The number of nitrogens with one attached hydrogen (secondary N) is 2. The van der Waals surface area contributed by atoms with E-state index >= 15 is 0 Å². The SMILES string of the molecule is CCOc1ccc(NC(=O)c2cscn2)cc1C(=O)NC(C)c1cccc(C)c1. The molecule has 2 aromatic carbocycles. The molecule has 1 aromatic heterocycles. The normalized spacial score (nSPS) is 11.6. The molecule has 0 aliphatic heterocycles. The zero-order valence-electron chi connectivity index (χ0n) is 16.6. The van der Waals surface area contributed by atoms with E-state index in [9.17, 15) is 9.59 Å². The lowest BCUT2D eigenvalue weighted by Crippen LogP contribution is -2.27. The number of aromatic nitrogens is 1. The second-order valence-electron chi connectivity index (χ2n) is 6.58. The van der Waals surface area contributed by atoms with E-state index in [1.54, 1.807) is 29.1 Å². The van der Waals surface area contributed by atoms with Crippen molar-refractivity contribution in [3.63, 3.8) is 0 Å². The minimum Gasteiger partial charge on any atom is -0.493 e. The number of carbonyl (C=O) groups is 2. The van der Waals surface area contributed by atoms with Crippen LogP contribution in [0.1, 0.15) is 51.9 Å². The molecular formula is C22H23N3O3S. The Morgan fingerprint density at radius 2 is 2.00 bits per heavy atom. The van der Waals surface area contributed by atoms with Gasteiger partial charge in [-0.05, 0) is 44.5 Å². The van der Waals surface area contributed by atoms with E-state index in [2.05, 4.69) is 15.6 Å². The highest BCUT2D eigenvalue weighted by Gasteiger charge is 2.18. The highest BCUT2D eigenvalue weighted by Crippen LogP contribution is 2.25. The molecule has 29 heavy (non-hydrogen) atoms. The van der Waals surface area contributed by atoms with Crippen molar-refractivity contribution in [1.29, 1.82) is 0 Å². The Balaban J connectivity index is 1.81. The highest BCUT2D eigenvalue weighted by atomic mass is 32.1. The maximum Gasteiger partial charge on any atom is 0.275 e. The Labute approximate surface area is 173 Å². The quantitative estimate of drug-likeness (QED) is 0.598. The smallest absolute Gasteiger partial charge is 0.275 e. The third-order valence-corrected chi connectivity index (χ3v) is 4.92. The van der Waals surface area contributed by atoms with E-state index in [1.807, 2.05) is 45.0 Å². The van der Waals surface area contributed by atoms with Gasteiger partial charge in [-0.3, -0.25) is 9.59 Å². The molecule has 0 saturated carbocycles. The number of rotatable bonds is 7. The van der Waals surface area contributed by atoms with Crippen molar-refractivity contribution in [3.8, 4) is 5.75 Å². The molecule has 1 heterocycles. The molecule has 0 saturated heterocycles. The summed E-state index contributed by atoms with van der Waals surface area (Å²) in [5.74, 6) is -0.129. The molecule has 0 fully saturated rings. The Morgan fingerprint density at radius 3 is 2.69 bits per heavy atom. The Morgan fingerprint density at radius 1 is 1.17 bits per heavy atom. The second kappa shape index (κ2) is 9.34. The van der Waals surface area contributed by atoms with Crippen molar-refractivity contribution in [2.24, 2.45) is 0 Å². The maximum absolute atomic E-state index is 13.0. The fraction of sp³-hybridized carbons (Fsp3) is 0.227. The molecule has 150 valence electrons. The summed E-state index contributed by atoms with van der Waals surface area (Å²) in [6.07, 6.45) is 0. The highest BCUT2D eigenvalue weighted by molar-refractivity contribution is 7.07. The van der Waals surface area contributed by atoms with Crippen LogP contribution >= 0.6 is 11.3 Å². The van der Waals surface area contributed by atoms with Crippen LogP contribution in [0.2, 0.25) is 0 Å². The number of thiazole rings is 1. The van der Waals surface area contributed by atoms with Crippen LogP contribution in [0.25, 0.3) is 0 Å². The summed E-state index contributed by atoms with van der Waals surface area (Å²) in [5.41, 5.74) is 4.94. The molecule has 1 unspecified atom stereocenters. The lowest BCUT2D eigenvalue weighted by Gasteiger charge is -2.17. The third kappa shape index (κ3) is 5.20. The van der Waals surface area contributed by atoms with Crippen LogP contribution in [0, 0.1) is 6.92 Å². The minimum absolute atomic E-state index is 0.176. The van der Waals surface area contributed by atoms with E-state index < -0.39 is 0 Å². The molecule has 2 amide bonds. The maximum atomic E-state index is 13.0. The zero-order chi connectivity index (χ0) is 20.8. The molecule has 7 heteroatoms. The zero-order valence-corrected chi connectivity index (χ0v) is 17.4. The Kier molecular flexibility index (Phi) is 6.61. The molecule has 1 atom stereocenters. The number of anilines is 1. The molecule has 2 N–H and O–H groups in total. The topological polar surface area (TPSA) is 80.3 Å². The second-order valence-corrected chi connectivity index (χ2v) is 7.30. The lowest BCUT2D eigenvalue weighted by molar-refractivity contribution is 0.0934. The van der Waals surface area contributed by atoms with Gasteiger partial charge in [-0.2, -0.15) is 0 Å². The fourth-order valence-electron chi connectivity index (χ4n) is 2.88. The first-order valence-electron chi connectivity index (χ1n) is 9.31. The van der Waals surface area contributed by atoms with E-state index in [-0.39, 0.29) is 17.9 Å². The Bertz CT molecular complexity index is 1000. The van der Waals surface area contributed by atoms with Crippen LogP contribution in [-0.2, 0) is 0 Å². The van der Waals surface area contributed by atoms with Crippen LogP contribution in [0.3, 0.4) is 0 Å². The summed E-state index contributed by atoms with van der Waals surface area (Å²) >= 11 is 1.35. The van der Waals surface area contributed by atoms with E-state index in [0.29, 0.717) is 29.3 Å². The molecule has 0 bridgehead atoms. The molecule has 0 radical (unpaired) electrons. The summed E-state index contributed by atoms with van der Waals surface area (Å²) in [7, 11) is 0. The van der Waals surface area contributed by atoms with Crippen molar-refractivity contribution in [3.05, 3.63) is 75.7 Å². The van der Waals surface area contributed by atoms with Gasteiger partial charge in [0.2, 0.25) is 0 Å². The first-order valence-corrected chi connectivity index (χ1v) is 10.3. The molecule has 6 nitrogen and oxygen atoms in total. The monoisotopic (exact) mass is 409 g/mol. The van der Waals surface area contributed by atoms with Gasteiger partial charge in [-0.25, -0.2) is 4.98 Å². The van der Waals surface area contributed by atoms with Gasteiger partial charge >= 0.3 is 0 Å². The van der Waals surface area contributed by atoms with E-state index in [1.165, 1.54) is 11.3 Å². The predicted octanol–water partition coefficient (Wildman–Crippen LogP) is 4.59. The predicted molar refractivity (Wildman–Crippen MR) is 115 cm³/mol. The van der Waals surface area contributed by atoms with E-state index in [4.69, 9.17) is 4.74 Å². The van der Waals surface area contributed by atoms with Gasteiger partial charge in [0.05, 0.1) is 23.7 Å². The van der Waals surface area contributed by atoms with Crippen molar-refractivity contribution in [2.45, 2.75) is 26.8 Å². The fourth-order valence-corrected chi connectivity index (χ4v) is 3.42. The number of hydrogen-bond donors (Lipinski definition) is 2. The summed E-state index contributed by atoms with van der Waals surface area (Å²) in [5, 5.41) is 7.44. The Hall–Kier alpha value is -3.19. The van der Waals surface area contributed by atoms with Crippen LogP contribution in [-0.4, -0.2) is 23.4 Å². The first kappa shape index (κ1) is 20.5. The van der Waals surface area contributed by atoms with Gasteiger partial charge in [-0.15, -0.1) is 11.3 Å². The minimum atomic E-state index is -0.324. The number of benzene rings is 2. The van der Waals surface area contributed by atoms with Crippen molar-refractivity contribution < 1.29 is 14.3 Å². The van der Waals surface area contributed by atoms with Gasteiger partial charge in [0, 0.05) is 11.1 Å². The standard InChI is InChI=1S/C22H23N3O3S/c1-4-28-20-9-8-17(25-22(27)19-12-29-13-23-19)11-18(20)21(26)24-15(3)16-7-5-6-14(2)10-16/h5-13,15H,4H2,1-3H3,(H,24,26)(H,25,27). The average molecular weight is 410 g/mol. The number of aryl methyl sites for hydroxylation is 1. The van der Waals surface area contributed by atoms with Crippen LogP contribution in [0.4, 0.5) is 5.69 Å². The third-order valence-electron chi connectivity index (χ3n) is 4.34. The first-order chi connectivity index (χ1) is 14.0. The van der Waals surface area contributed by atoms with Crippen molar-refractivity contribution in [2.75, 3.05) is 11.9 Å². The van der Waals surface area contributed by atoms with Crippen LogP contribution < -0.4 is 15.4 Å². The van der Waals surface area contributed by atoms with Gasteiger partial charge in [0.1, 0.15) is 11.4 Å². The summed E-state index contributed by atoms with van der Waals surface area (Å²) in [4.78, 5) is 29.2. The van der Waals surface area contributed by atoms with Crippen molar-refractivity contribution >= 4 is 28.8 Å². The van der Waals surface area contributed by atoms with Crippen LogP contribution in [0.15, 0.2) is 53.4 Å². The molecule has 0 aliphatic carbocycles. The molecule has 0 aliphatic rings. The number of ether oxygens (including phenoxy) is 1. The van der Waals surface area contributed by atoms with Gasteiger partial charge in [0.25, 0.3) is 11.8 Å². The molecular weight excluding hydrogens is 386 g/mol. The summed E-state index contributed by atoms with van der Waals surface area (Å²) in [6, 6.07) is 12.8. The van der Waals surface area contributed by atoms with Crippen molar-refractivity contribution in [1.82, 2.24) is 10.3 Å². The summed E-state index contributed by atoms with van der Waals surface area (Å²) < 4.78 is 5.61.